The van der Waals surface area contributed by atoms with Crippen LogP contribution in [0.4, 0.5) is 0 Å². The Morgan fingerprint density at radius 3 is 1.11 bits per heavy atom. The van der Waals surface area contributed by atoms with Gasteiger partial charge in [-0.1, -0.05) is 163 Å². The van der Waals surface area contributed by atoms with E-state index in [2.05, 4.69) is 41.5 Å². The largest absolute Gasteiger partial charge is 0.489 e. The summed E-state index contributed by atoms with van der Waals surface area (Å²) in [6.07, 6.45) is -3.45. The summed E-state index contributed by atoms with van der Waals surface area (Å²) in [4.78, 5) is 54.4. The fourth-order valence-electron chi connectivity index (χ4n) is 10.2. The zero-order valence-electron chi connectivity index (χ0n) is 47.4. The second-order valence-corrected chi connectivity index (χ2v) is 26.6. The summed E-state index contributed by atoms with van der Waals surface area (Å²) < 4.78 is 50.6. The number of carbonyl (C=O) groups is 4. The van der Waals surface area contributed by atoms with Gasteiger partial charge in [0.2, 0.25) is 8.32 Å². The zero-order valence-corrected chi connectivity index (χ0v) is 48.4. The van der Waals surface area contributed by atoms with Gasteiger partial charge in [-0.15, -0.1) is 0 Å². The van der Waals surface area contributed by atoms with Crippen molar-refractivity contribution < 1.29 is 61.9 Å². The molecule has 0 unspecified atom stereocenters. The van der Waals surface area contributed by atoms with Crippen molar-refractivity contribution in [1.29, 1.82) is 0 Å². The van der Waals surface area contributed by atoms with Crippen LogP contribution in [-0.4, -0.2) is 61.7 Å². The molecule has 0 aromatic heterocycles. The lowest BCUT2D eigenvalue weighted by atomic mass is 10.00. The van der Waals surface area contributed by atoms with Crippen molar-refractivity contribution in [2.75, 3.05) is 0 Å². The van der Waals surface area contributed by atoms with E-state index in [-0.39, 0.29) is 68.0 Å². The molecule has 0 radical (unpaired) electrons. The lowest BCUT2D eigenvalue weighted by molar-refractivity contribution is -0.150. The first-order valence-corrected chi connectivity index (χ1v) is 29.5. The molecule has 0 spiro atoms. The van der Waals surface area contributed by atoms with Crippen molar-refractivity contribution in [3.8, 4) is 23.0 Å². The van der Waals surface area contributed by atoms with Crippen LogP contribution in [0, 0.1) is 0 Å². The maximum atomic E-state index is 14.8. The average molecular weight is 1100 g/mol. The Kier molecular flexibility index (Phi) is 22.7. The number of carboxylic acids is 1. The third-order valence-corrected chi connectivity index (χ3v) is 19.9. The van der Waals surface area contributed by atoms with Gasteiger partial charge < -0.3 is 42.7 Å². The molecule has 6 aromatic rings. The minimum atomic E-state index is -2.36. The lowest BCUT2D eigenvalue weighted by Gasteiger charge is -2.44. The first kappa shape index (κ1) is 60.8. The van der Waals surface area contributed by atoms with Crippen LogP contribution in [0.3, 0.4) is 0 Å². The molecule has 0 heterocycles. The van der Waals surface area contributed by atoms with Crippen LogP contribution >= 0.6 is 0 Å². The van der Waals surface area contributed by atoms with E-state index in [1.807, 2.05) is 134 Å². The lowest BCUT2D eigenvalue weighted by Crippen LogP contribution is -2.50. The SMILES string of the molecule is CC(C)[Si](O[C@H](C)Cc1cc(OCc2ccccc2)cc(OCc2ccccc2)c1C(=O)O[C@H](C)CC(=O)O[C@H](C)Cc1cc(OCc2ccccc2)cc(OCc2ccccc2)c1C(=O)O[C@H](C)CC(=O)O)(C(C)C)C(C)C. The van der Waals surface area contributed by atoms with Gasteiger partial charge in [-0.3, -0.25) is 9.59 Å². The molecule has 420 valence electrons. The van der Waals surface area contributed by atoms with E-state index in [4.69, 9.17) is 37.6 Å². The number of rotatable bonds is 30. The van der Waals surface area contributed by atoms with Gasteiger partial charge in [-0.05, 0) is 96.3 Å². The van der Waals surface area contributed by atoms with Crippen LogP contribution in [-0.2, 0) is 67.5 Å². The van der Waals surface area contributed by atoms with Crippen molar-refractivity contribution in [2.24, 2.45) is 0 Å². The number of hydrogen-bond donors (Lipinski definition) is 1. The molecule has 0 saturated carbocycles. The standard InChI is InChI=1S/C65H78O13Si/c1-43(2)79(44(3)4,45(5)6)78-49(10)32-55-36-57(72-40-51-25-17-12-18-26-51)38-59(74-42-53-29-21-14-22-30-53)63(55)65(70)77-48(9)34-61(68)75-46(7)31-54-35-56(71-39-50-23-15-11-16-24-50)37-58(73-41-52-27-19-13-20-28-52)62(54)64(69)76-47(8)33-60(66)67/h11-30,35-38,43-49H,31-34,39-42H2,1-10H3,(H,66,67)/t46-,47-,48-,49-/m1/s1. The number of benzene rings is 6. The van der Waals surface area contributed by atoms with Crippen molar-refractivity contribution in [2.45, 2.75) is 162 Å². The second-order valence-electron chi connectivity index (χ2n) is 21.2. The molecule has 0 fully saturated rings. The molecule has 1 N–H and O–H groups in total. The highest BCUT2D eigenvalue weighted by Gasteiger charge is 2.46. The molecule has 0 amide bonds. The van der Waals surface area contributed by atoms with Crippen LogP contribution in [0.25, 0.3) is 0 Å². The smallest absolute Gasteiger partial charge is 0.342 e. The van der Waals surface area contributed by atoms with Gasteiger partial charge in [0.25, 0.3) is 0 Å². The third-order valence-electron chi connectivity index (χ3n) is 13.7. The van der Waals surface area contributed by atoms with Gasteiger partial charge in [0, 0.05) is 24.7 Å². The van der Waals surface area contributed by atoms with E-state index in [0.717, 1.165) is 22.3 Å². The Hall–Kier alpha value is -7.42. The summed E-state index contributed by atoms with van der Waals surface area (Å²) in [5.74, 6) is -2.01. The molecule has 0 saturated heterocycles. The molecule has 0 aliphatic carbocycles. The van der Waals surface area contributed by atoms with E-state index >= 15 is 0 Å². The fourth-order valence-corrected chi connectivity index (χ4v) is 15.8. The molecule has 79 heavy (non-hydrogen) atoms. The molecule has 0 aliphatic heterocycles. The second kappa shape index (κ2) is 29.5. The minimum Gasteiger partial charge on any atom is -0.489 e. The Balaban J connectivity index is 1.27. The molecule has 6 rings (SSSR count). The van der Waals surface area contributed by atoms with E-state index in [1.54, 1.807) is 32.0 Å². The van der Waals surface area contributed by atoms with Gasteiger partial charge in [-0.25, -0.2) is 9.59 Å². The number of carboxylic acid groups (broad SMARTS) is 1. The van der Waals surface area contributed by atoms with E-state index in [9.17, 15) is 24.3 Å². The Morgan fingerprint density at radius 1 is 0.418 bits per heavy atom. The Labute approximate surface area is 467 Å². The highest BCUT2D eigenvalue weighted by molar-refractivity contribution is 6.77. The van der Waals surface area contributed by atoms with E-state index < -0.39 is 56.9 Å². The normalized spacial score (nSPS) is 13.0. The molecule has 14 heteroatoms. The monoisotopic (exact) mass is 1090 g/mol. The molecule has 4 atom stereocenters. The van der Waals surface area contributed by atoms with Crippen LogP contribution in [0.2, 0.25) is 16.6 Å². The number of ether oxygens (including phenoxy) is 7. The summed E-state index contributed by atoms with van der Waals surface area (Å²) in [6.45, 7) is 21.0. The molecular weight excluding hydrogens is 1020 g/mol. The number of hydrogen-bond acceptors (Lipinski definition) is 12. The highest BCUT2D eigenvalue weighted by atomic mass is 28.4. The number of carbonyl (C=O) groups excluding carboxylic acids is 3. The first-order chi connectivity index (χ1) is 37.8. The van der Waals surface area contributed by atoms with Crippen molar-refractivity contribution in [3.05, 3.63) is 190 Å². The predicted octanol–water partition coefficient (Wildman–Crippen LogP) is 14.3. The van der Waals surface area contributed by atoms with Gasteiger partial charge in [-0.2, -0.15) is 0 Å². The summed E-state index contributed by atoms with van der Waals surface area (Å²) in [5, 5.41) is 9.48. The first-order valence-electron chi connectivity index (χ1n) is 27.3. The van der Waals surface area contributed by atoms with Crippen molar-refractivity contribution in [1.82, 2.24) is 0 Å². The van der Waals surface area contributed by atoms with Gasteiger partial charge in [0.1, 0.15) is 78.9 Å². The maximum Gasteiger partial charge on any atom is 0.342 e. The van der Waals surface area contributed by atoms with Crippen LogP contribution in [0.5, 0.6) is 23.0 Å². The van der Waals surface area contributed by atoms with Crippen molar-refractivity contribution in [3.63, 3.8) is 0 Å². The third kappa shape index (κ3) is 18.1. The molecule has 13 nitrogen and oxygen atoms in total. The van der Waals surface area contributed by atoms with Crippen LogP contribution in [0.15, 0.2) is 146 Å². The van der Waals surface area contributed by atoms with E-state index in [0.29, 0.717) is 45.7 Å². The minimum absolute atomic E-state index is 0.000871. The summed E-state index contributed by atoms with van der Waals surface area (Å²) >= 11 is 0. The summed E-state index contributed by atoms with van der Waals surface area (Å²) in [7, 11) is -2.36. The zero-order chi connectivity index (χ0) is 57.1. The fraction of sp³-hybridized carbons (Fsp3) is 0.385. The molecule has 0 bridgehead atoms. The van der Waals surface area contributed by atoms with Crippen LogP contribution in [0.1, 0.15) is 136 Å². The predicted molar refractivity (Wildman–Crippen MR) is 307 cm³/mol. The molecular formula is C65H78O13Si. The highest BCUT2D eigenvalue weighted by Crippen LogP contribution is 2.44. The van der Waals surface area contributed by atoms with Crippen molar-refractivity contribution >= 4 is 32.2 Å². The summed E-state index contributed by atoms with van der Waals surface area (Å²) in [5.41, 5.74) is 5.80. The number of aliphatic carboxylic acids is 1. The number of esters is 3. The Morgan fingerprint density at radius 2 is 0.759 bits per heavy atom. The molecule has 0 aliphatic rings. The maximum absolute atomic E-state index is 14.8. The average Bonchev–Trinajstić information content (AvgIpc) is 3.42. The van der Waals surface area contributed by atoms with Gasteiger partial charge in [0.05, 0.1) is 12.8 Å². The van der Waals surface area contributed by atoms with E-state index in [1.165, 1.54) is 6.92 Å². The van der Waals surface area contributed by atoms with Gasteiger partial charge in [0.15, 0.2) is 0 Å². The topological polar surface area (TPSA) is 162 Å². The summed E-state index contributed by atoms with van der Waals surface area (Å²) in [6, 6.07) is 45.3. The Bertz CT molecular complexity index is 2870. The quantitative estimate of drug-likeness (QED) is 0.0258. The van der Waals surface area contributed by atoms with Gasteiger partial charge >= 0.3 is 23.9 Å². The molecule has 6 aromatic carbocycles. The van der Waals surface area contributed by atoms with Crippen LogP contribution < -0.4 is 18.9 Å².